The predicted octanol–water partition coefficient (Wildman–Crippen LogP) is 1.61. The Kier molecular flexibility index (Phi) is 3.92. The molecule has 1 amide bonds. The average Bonchev–Trinajstić information content (AvgIpc) is 3.30. The molecule has 0 atom stereocenters. The number of hydrogen-bond acceptors (Lipinski definition) is 3. The molecular weight excluding hydrogens is 250 g/mol. The molecule has 2 aliphatic rings. The molecule has 1 heterocycles. The lowest BCUT2D eigenvalue weighted by Gasteiger charge is -2.36. The van der Waals surface area contributed by atoms with Crippen LogP contribution in [0, 0.1) is 0 Å². The predicted molar refractivity (Wildman–Crippen MR) is 80.8 cm³/mol. The lowest BCUT2D eigenvalue weighted by Crippen LogP contribution is -2.48. The first-order chi connectivity index (χ1) is 9.74. The minimum Gasteiger partial charge on any atom is -0.368 e. The van der Waals surface area contributed by atoms with Gasteiger partial charge in [0, 0.05) is 51.4 Å². The number of hydrogen-bond donors (Lipinski definition) is 1. The number of nitrogens with one attached hydrogen (secondary N) is 1. The fraction of sp³-hybridized carbons (Fsp3) is 0.562. The normalized spacial score (nSPS) is 19.2. The van der Waals surface area contributed by atoms with E-state index >= 15 is 0 Å². The van der Waals surface area contributed by atoms with Crippen molar-refractivity contribution in [2.24, 2.45) is 0 Å². The monoisotopic (exact) mass is 273 g/mol. The Morgan fingerprint density at radius 3 is 2.55 bits per heavy atom. The minimum absolute atomic E-state index is 0.188. The Balaban J connectivity index is 1.65. The van der Waals surface area contributed by atoms with Gasteiger partial charge in [-0.1, -0.05) is 18.2 Å². The van der Waals surface area contributed by atoms with Crippen molar-refractivity contribution < 1.29 is 4.79 Å². The molecule has 0 aromatic heterocycles. The van der Waals surface area contributed by atoms with E-state index in [4.69, 9.17) is 0 Å². The van der Waals surface area contributed by atoms with Gasteiger partial charge in [0.1, 0.15) is 0 Å². The molecule has 4 heteroatoms. The molecule has 1 aromatic carbocycles. The summed E-state index contributed by atoms with van der Waals surface area (Å²) in [5.74, 6) is 0.188. The third-order valence-corrected chi connectivity index (χ3v) is 4.22. The summed E-state index contributed by atoms with van der Waals surface area (Å²) in [7, 11) is 0. The van der Waals surface area contributed by atoms with Gasteiger partial charge in [-0.25, -0.2) is 0 Å². The summed E-state index contributed by atoms with van der Waals surface area (Å²) in [5, 5.41) is 3.59. The number of anilines is 1. The summed E-state index contributed by atoms with van der Waals surface area (Å²) in [5.41, 5.74) is 2.69. The molecule has 1 saturated heterocycles. The van der Waals surface area contributed by atoms with Crippen molar-refractivity contribution in [2.45, 2.75) is 32.4 Å². The van der Waals surface area contributed by atoms with E-state index in [-0.39, 0.29) is 5.91 Å². The molecule has 1 saturated carbocycles. The van der Waals surface area contributed by atoms with E-state index in [0.29, 0.717) is 0 Å². The molecular formula is C16H23N3O. The number of carbonyl (C=O) groups is 1. The molecule has 0 unspecified atom stereocenters. The fourth-order valence-corrected chi connectivity index (χ4v) is 2.77. The summed E-state index contributed by atoms with van der Waals surface area (Å²) >= 11 is 0. The number of para-hydroxylation sites is 1. The van der Waals surface area contributed by atoms with Crippen LogP contribution in [0.1, 0.15) is 25.3 Å². The quantitative estimate of drug-likeness (QED) is 0.905. The Bertz CT molecular complexity index is 476. The Hall–Kier alpha value is -1.55. The zero-order valence-corrected chi connectivity index (χ0v) is 12.1. The number of carbonyl (C=O) groups excluding carboxylic acids is 1. The van der Waals surface area contributed by atoms with Crippen LogP contribution in [0.4, 0.5) is 5.69 Å². The topological polar surface area (TPSA) is 35.6 Å². The second-order valence-electron chi connectivity index (χ2n) is 5.78. The summed E-state index contributed by atoms with van der Waals surface area (Å²) in [4.78, 5) is 15.7. The zero-order valence-electron chi connectivity index (χ0n) is 12.1. The van der Waals surface area contributed by atoms with E-state index in [9.17, 15) is 4.79 Å². The molecule has 2 fully saturated rings. The van der Waals surface area contributed by atoms with Gasteiger partial charge in [-0.15, -0.1) is 0 Å². The highest BCUT2D eigenvalue weighted by atomic mass is 16.2. The molecule has 1 aliphatic carbocycles. The van der Waals surface area contributed by atoms with Gasteiger partial charge in [-0.3, -0.25) is 4.79 Å². The first kappa shape index (κ1) is 13.4. The van der Waals surface area contributed by atoms with Crippen LogP contribution >= 0.6 is 0 Å². The van der Waals surface area contributed by atoms with Gasteiger partial charge in [0.2, 0.25) is 5.91 Å². The van der Waals surface area contributed by atoms with Crippen LogP contribution in [0.15, 0.2) is 24.3 Å². The van der Waals surface area contributed by atoms with Crippen LogP contribution in [0.3, 0.4) is 0 Å². The molecule has 1 N–H and O–H groups in total. The van der Waals surface area contributed by atoms with Gasteiger partial charge in [0.25, 0.3) is 0 Å². The second kappa shape index (κ2) is 5.83. The SMILES string of the molecule is CC(=O)N1CCN(c2ccccc2CNC2CC2)CC1. The molecule has 4 nitrogen and oxygen atoms in total. The largest absolute Gasteiger partial charge is 0.368 e. The highest BCUT2D eigenvalue weighted by Gasteiger charge is 2.22. The Morgan fingerprint density at radius 1 is 1.20 bits per heavy atom. The first-order valence-electron chi connectivity index (χ1n) is 7.56. The molecule has 0 radical (unpaired) electrons. The maximum Gasteiger partial charge on any atom is 0.219 e. The molecule has 0 bridgehead atoms. The molecule has 0 spiro atoms. The molecule has 108 valence electrons. The second-order valence-corrected chi connectivity index (χ2v) is 5.78. The zero-order chi connectivity index (χ0) is 13.9. The van der Waals surface area contributed by atoms with Gasteiger partial charge < -0.3 is 15.1 Å². The molecule has 1 aromatic rings. The fourth-order valence-electron chi connectivity index (χ4n) is 2.77. The summed E-state index contributed by atoms with van der Waals surface area (Å²) in [6.45, 7) is 6.14. The van der Waals surface area contributed by atoms with Gasteiger partial charge in [-0.2, -0.15) is 0 Å². The van der Waals surface area contributed by atoms with Crippen molar-refractivity contribution in [3.8, 4) is 0 Å². The van der Waals surface area contributed by atoms with Crippen LogP contribution in [0.25, 0.3) is 0 Å². The van der Waals surface area contributed by atoms with Crippen molar-refractivity contribution in [3.05, 3.63) is 29.8 Å². The van der Waals surface area contributed by atoms with Crippen LogP contribution in [-0.4, -0.2) is 43.0 Å². The van der Waals surface area contributed by atoms with E-state index in [1.54, 1.807) is 6.92 Å². The Labute approximate surface area is 120 Å². The lowest BCUT2D eigenvalue weighted by atomic mass is 10.1. The number of nitrogens with zero attached hydrogens (tertiary/aromatic N) is 2. The third kappa shape index (κ3) is 3.12. The summed E-state index contributed by atoms with van der Waals surface area (Å²) < 4.78 is 0. The van der Waals surface area contributed by atoms with Crippen LogP contribution in [-0.2, 0) is 11.3 Å². The van der Waals surface area contributed by atoms with Crippen molar-refractivity contribution in [2.75, 3.05) is 31.1 Å². The maximum absolute atomic E-state index is 11.4. The number of rotatable bonds is 4. The van der Waals surface area contributed by atoms with E-state index in [0.717, 1.165) is 38.8 Å². The van der Waals surface area contributed by atoms with Gasteiger partial charge in [0.05, 0.1) is 0 Å². The average molecular weight is 273 g/mol. The lowest BCUT2D eigenvalue weighted by molar-refractivity contribution is -0.129. The van der Waals surface area contributed by atoms with Crippen molar-refractivity contribution >= 4 is 11.6 Å². The van der Waals surface area contributed by atoms with Crippen LogP contribution < -0.4 is 10.2 Å². The van der Waals surface area contributed by atoms with Crippen LogP contribution in [0.2, 0.25) is 0 Å². The molecule has 3 rings (SSSR count). The third-order valence-electron chi connectivity index (χ3n) is 4.22. The van der Waals surface area contributed by atoms with Gasteiger partial charge in [0.15, 0.2) is 0 Å². The number of piperazine rings is 1. The van der Waals surface area contributed by atoms with Gasteiger partial charge >= 0.3 is 0 Å². The van der Waals surface area contributed by atoms with E-state index in [1.807, 2.05) is 4.90 Å². The molecule has 1 aliphatic heterocycles. The maximum atomic E-state index is 11.4. The highest BCUT2D eigenvalue weighted by Crippen LogP contribution is 2.24. The number of benzene rings is 1. The summed E-state index contributed by atoms with van der Waals surface area (Å²) in [6.07, 6.45) is 2.64. The number of amides is 1. The Morgan fingerprint density at radius 2 is 1.90 bits per heavy atom. The van der Waals surface area contributed by atoms with Crippen molar-refractivity contribution in [1.29, 1.82) is 0 Å². The van der Waals surface area contributed by atoms with Crippen LogP contribution in [0.5, 0.6) is 0 Å². The summed E-state index contributed by atoms with van der Waals surface area (Å²) in [6, 6.07) is 9.36. The highest BCUT2D eigenvalue weighted by molar-refractivity contribution is 5.73. The van der Waals surface area contributed by atoms with Crippen molar-refractivity contribution in [1.82, 2.24) is 10.2 Å². The van der Waals surface area contributed by atoms with Gasteiger partial charge in [-0.05, 0) is 24.5 Å². The van der Waals surface area contributed by atoms with E-state index in [1.165, 1.54) is 24.1 Å². The minimum atomic E-state index is 0.188. The smallest absolute Gasteiger partial charge is 0.219 e. The van der Waals surface area contributed by atoms with Crippen molar-refractivity contribution in [3.63, 3.8) is 0 Å². The van der Waals surface area contributed by atoms with E-state index in [2.05, 4.69) is 34.5 Å². The van der Waals surface area contributed by atoms with E-state index < -0.39 is 0 Å². The molecule has 20 heavy (non-hydrogen) atoms. The first-order valence-corrected chi connectivity index (χ1v) is 7.56. The standard InChI is InChI=1S/C16H23N3O/c1-13(20)18-8-10-19(11-9-18)16-5-3-2-4-14(16)12-17-15-6-7-15/h2-5,15,17H,6-12H2,1H3.